The summed E-state index contributed by atoms with van der Waals surface area (Å²) in [6.07, 6.45) is 9.54. The molecule has 1 saturated carbocycles. The van der Waals surface area contributed by atoms with Crippen molar-refractivity contribution in [3.05, 3.63) is 34.9 Å². The zero-order chi connectivity index (χ0) is 11.7. The largest absolute Gasteiger partial charge is 0.393 e. The van der Waals surface area contributed by atoms with E-state index in [1.807, 2.05) is 0 Å². The molecule has 2 aliphatic rings. The Kier molecular flexibility index (Phi) is 3.19. The number of fused-ring (bicyclic) bond motifs is 1. The van der Waals surface area contributed by atoms with Crippen molar-refractivity contribution in [1.29, 1.82) is 0 Å². The predicted molar refractivity (Wildman–Crippen MR) is 70.1 cm³/mol. The molecule has 0 spiro atoms. The fourth-order valence-corrected chi connectivity index (χ4v) is 3.43. The highest BCUT2D eigenvalue weighted by Gasteiger charge is 2.20. The van der Waals surface area contributed by atoms with Gasteiger partial charge in [-0.05, 0) is 74.0 Å². The van der Waals surface area contributed by atoms with Crippen molar-refractivity contribution in [2.45, 2.75) is 57.5 Å². The fraction of sp³-hybridized carbons (Fsp3) is 0.625. The van der Waals surface area contributed by atoms with Gasteiger partial charge < -0.3 is 5.11 Å². The van der Waals surface area contributed by atoms with Crippen LogP contribution < -0.4 is 0 Å². The van der Waals surface area contributed by atoms with Gasteiger partial charge in [-0.1, -0.05) is 18.2 Å². The van der Waals surface area contributed by atoms with Crippen LogP contribution in [0.2, 0.25) is 0 Å². The Morgan fingerprint density at radius 2 is 1.76 bits per heavy atom. The molecule has 92 valence electrons. The molecule has 0 bridgehead atoms. The van der Waals surface area contributed by atoms with Crippen LogP contribution in [-0.4, -0.2) is 11.2 Å². The number of benzene rings is 1. The van der Waals surface area contributed by atoms with Crippen LogP contribution in [0.15, 0.2) is 18.2 Å². The molecule has 0 radical (unpaired) electrons. The summed E-state index contributed by atoms with van der Waals surface area (Å²) in [5.74, 6) is 0.804. The lowest BCUT2D eigenvalue weighted by Gasteiger charge is -2.25. The lowest BCUT2D eigenvalue weighted by atomic mass is 9.83. The van der Waals surface area contributed by atoms with E-state index in [1.54, 1.807) is 11.1 Å². The van der Waals surface area contributed by atoms with Crippen molar-refractivity contribution < 1.29 is 5.11 Å². The second-order valence-electron chi connectivity index (χ2n) is 5.84. The molecule has 1 aromatic rings. The summed E-state index contributed by atoms with van der Waals surface area (Å²) in [7, 11) is 0. The second-order valence-corrected chi connectivity index (χ2v) is 5.84. The quantitative estimate of drug-likeness (QED) is 0.826. The first-order valence-electron chi connectivity index (χ1n) is 7.10. The molecule has 0 heterocycles. The van der Waals surface area contributed by atoms with E-state index >= 15 is 0 Å². The average molecular weight is 230 g/mol. The van der Waals surface area contributed by atoms with E-state index in [2.05, 4.69) is 18.2 Å². The van der Waals surface area contributed by atoms with Gasteiger partial charge in [-0.15, -0.1) is 0 Å². The second kappa shape index (κ2) is 4.81. The lowest BCUT2D eigenvalue weighted by Crippen LogP contribution is -2.19. The van der Waals surface area contributed by atoms with Crippen LogP contribution >= 0.6 is 0 Å². The van der Waals surface area contributed by atoms with Crippen molar-refractivity contribution in [2.24, 2.45) is 5.92 Å². The fourth-order valence-electron chi connectivity index (χ4n) is 3.43. The molecule has 1 N–H and O–H groups in total. The standard InChI is InChI=1S/C16H22O/c17-16-8-5-12(6-9-16)10-13-4-7-14-2-1-3-15(14)11-13/h4,7,11-12,16-17H,1-3,5-6,8-10H2. The molecule has 0 atom stereocenters. The first-order chi connectivity index (χ1) is 8.31. The minimum atomic E-state index is -0.0220. The van der Waals surface area contributed by atoms with Gasteiger partial charge in [-0.2, -0.15) is 0 Å². The van der Waals surface area contributed by atoms with E-state index in [1.165, 1.54) is 44.1 Å². The van der Waals surface area contributed by atoms with Crippen LogP contribution in [-0.2, 0) is 19.3 Å². The molecule has 0 aromatic heterocycles. The van der Waals surface area contributed by atoms with E-state index in [4.69, 9.17) is 0 Å². The summed E-state index contributed by atoms with van der Waals surface area (Å²) in [5.41, 5.74) is 4.69. The highest BCUT2D eigenvalue weighted by atomic mass is 16.3. The van der Waals surface area contributed by atoms with E-state index in [0.717, 1.165) is 18.8 Å². The number of aliphatic hydroxyl groups is 1. The number of hydrogen-bond acceptors (Lipinski definition) is 1. The Morgan fingerprint density at radius 3 is 2.59 bits per heavy atom. The highest BCUT2D eigenvalue weighted by Crippen LogP contribution is 2.29. The van der Waals surface area contributed by atoms with Gasteiger partial charge in [0.05, 0.1) is 6.10 Å². The molecule has 1 heteroatoms. The van der Waals surface area contributed by atoms with Crippen molar-refractivity contribution in [3.63, 3.8) is 0 Å². The zero-order valence-corrected chi connectivity index (χ0v) is 10.5. The van der Waals surface area contributed by atoms with Crippen molar-refractivity contribution in [3.8, 4) is 0 Å². The Balaban J connectivity index is 1.65. The predicted octanol–water partition coefficient (Wildman–Crippen LogP) is 3.27. The van der Waals surface area contributed by atoms with Gasteiger partial charge in [-0.25, -0.2) is 0 Å². The minimum Gasteiger partial charge on any atom is -0.393 e. The first kappa shape index (κ1) is 11.3. The molecule has 1 nitrogen and oxygen atoms in total. The molecule has 3 rings (SSSR count). The lowest BCUT2D eigenvalue weighted by molar-refractivity contribution is 0.109. The topological polar surface area (TPSA) is 20.2 Å². The average Bonchev–Trinajstić information content (AvgIpc) is 2.79. The van der Waals surface area contributed by atoms with Crippen molar-refractivity contribution >= 4 is 0 Å². The van der Waals surface area contributed by atoms with E-state index in [-0.39, 0.29) is 6.10 Å². The maximum atomic E-state index is 9.52. The summed E-state index contributed by atoms with van der Waals surface area (Å²) in [6, 6.07) is 7.11. The molecule has 1 fully saturated rings. The van der Waals surface area contributed by atoms with Gasteiger partial charge in [0.15, 0.2) is 0 Å². The molecular formula is C16H22O. The van der Waals surface area contributed by atoms with Crippen LogP contribution in [0, 0.1) is 5.92 Å². The summed E-state index contributed by atoms with van der Waals surface area (Å²) >= 11 is 0. The SMILES string of the molecule is OC1CCC(Cc2ccc3c(c2)CCC3)CC1. The van der Waals surface area contributed by atoms with Crippen LogP contribution in [0.3, 0.4) is 0 Å². The number of hydrogen-bond donors (Lipinski definition) is 1. The molecule has 0 aliphatic heterocycles. The van der Waals surface area contributed by atoms with Gasteiger partial charge in [0.1, 0.15) is 0 Å². The normalized spacial score (nSPS) is 28.1. The summed E-state index contributed by atoms with van der Waals surface area (Å²) < 4.78 is 0. The first-order valence-corrected chi connectivity index (χ1v) is 7.10. The Bertz CT molecular complexity index is 389. The number of rotatable bonds is 2. The Morgan fingerprint density at radius 1 is 1.00 bits per heavy atom. The van der Waals surface area contributed by atoms with Crippen LogP contribution in [0.4, 0.5) is 0 Å². The van der Waals surface area contributed by atoms with Crippen molar-refractivity contribution in [1.82, 2.24) is 0 Å². The smallest absolute Gasteiger partial charge is 0.0540 e. The van der Waals surface area contributed by atoms with Gasteiger partial charge in [0.25, 0.3) is 0 Å². The van der Waals surface area contributed by atoms with Gasteiger partial charge >= 0.3 is 0 Å². The molecule has 0 amide bonds. The zero-order valence-electron chi connectivity index (χ0n) is 10.5. The number of aryl methyl sites for hydroxylation is 2. The summed E-state index contributed by atoms with van der Waals surface area (Å²) in [5, 5.41) is 9.52. The van der Waals surface area contributed by atoms with Crippen molar-refractivity contribution in [2.75, 3.05) is 0 Å². The molecule has 2 aliphatic carbocycles. The highest BCUT2D eigenvalue weighted by molar-refractivity contribution is 5.35. The van der Waals surface area contributed by atoms with Crippen LogP contribution in [0.25, 0.3) is 0 Å². The monoisotopic (exact) mass is 230 g/mol. The van der Waals surface area contributed by atoms with Crippen LogP contribution in [0.5, 0.6) is 0 Å². The maximum Gasteiger partial charge on any atom is 0.0540 e. The molecule has 17 heavy (non-hydrogen) atoms. The third-order valence-electron chi connectivity index (χ3n) is 4.50. The summed E-state index contributed by atoms with van der Waals surface area (Å²) in [6.45, 7) is 0. The minimum absolute atomic E-state index is 0.0220. The third kappa shape index (κ3) is 2.55. The third-order valence-corrected chi connectivity index (χ3v) is 4.50. The van der Waals surface area contributed by atoms with Gasteiger partial charge in [0, 0.05) is 0 Å². The maximum absolute atomic E-state index is 9.52. The Labute approximate surface area is 104 Å². The van der Waals surface area contributed by atoms with E-state index in [0.29, 0.717) is 0 Å². The molecule has 0 saturated heterocycles. The van der Waals surface area contributed by atoms with Gasteiger partial charge in [-0.3, -0.25) is 0 Å². The Hall–Kier alpha value is -0.820. The van der Waals surface area contributed by atoms with Gasteiger partial charge in [0.2, 0.25) is 0 Å². The molecule has 0 unspecified atom stereocenters. The van der Waals surface area contributed by atoms with E-state index < -0.39 is 0 Å². The number of aliphatic hydroxyl groups excluding tert-OH is 1. The van der Waals surface area contributed by atoms with E-state index in [9.17, 15) is 5.11 Å². The summed E-state index contributed by atoms with van der Waals surface area (Å²) in [4.78, 5) is 0. The molecule has 1 aromatic carbocycles. The van der Waals surface area contributed by atoms with Crippen LogP contribution in [0.1, 0.15) is 48.8 Å². The molecular weight excluding hydrogens is 208 g/mol.